The van der Waals surface area contributed by atoms with Gasteiger partial charge in [0, 0.05) is 0 Å². The van der Waals surface area contributed by atoms with Crippen molar-refractivity contribution in [1.82, 2.24) is 0 Å². The van der Waals surface area contributed by atoms with Gasteiger partial charge in [-0.2, -0.15) is 0 Å². The molecular formula is C16H34O2Si3. The van der Waals surface area contributed by atoms with E-state index in [-0.39, 0.29) is 5.60 Å². The van der Waals surface area contributed by atoms with Crippen molar-refractivity contribution in [2.24, 2.45) is 0 Å². The predicted molar refractivity (Wildman–Crippen MR) is 99.9 cm³/mol. The maximum atomic E-state index is 6.54. The molecule has 0 unspecified atom stereocenters. The Morgan fingerprint density at radius 1 is 0.762 bits per heavy atom. The Kier molecular flexibility index (Phi) is 6.13. The average molecular weight is 343 g/mol. The fourth-order valence-electron chi connectivity index (χ4n) is 3.02. The molecular weight excluding hydrogens is 308 g/mol. The summed E-state index contributed by atoms with van der Waals surface area (Å²) in [7, 11) is -5.01. The van der Waals surface area contributed by atoms with E-state index in [1.807, 2.05) is 0 Å². The molecule has 1 fully saturated rings. The molecule has 0 aromatic heterocycles. The smallest absolute Gasteiger partial charge is 0.255 e. The lowest BCUT2D eigenvalue weighted by Crippen LogP contribution is -2.45. The van der Waals surface area contributed by atoms with Crippen LogP contribution in [0.4, 0.5) is 0 Å². The van der Waals surface area contributed by atoms with Crippen molar-refractivity contribution >= 4 is 25.0 Å². The van der Waals surface area contributed by atoms with E-state index in [2.05, 4.69) is 63.8 Å². The van der Waals surface area contributed by atoms with E-state index < -0.39 is 25.0 Å². The number of hydrogen-bond acceptors (Lipinski definition) is 2. The van der Waals surface area contributed by atoms with E-state index in [0.717, 1.165) is 12.8 Å². The summed E-state index contributed by atoms with van der Waals surface area (Å²) < 4.78 is 12.9. The summed E-state index contributed by atoms with van der Waals surface area (Å²) in [5.74, 6) is 3.58. The zero-order valence-corrected chi connectivity index (χ0v) is 18.4. The van der Waals surface area contributed by atoms with Crippen molar-refractivity contribution in [3.63, 3.8) is 0 Å². The van der Waals surface area contributed by atoms with Crippen LogP contribution in [-0.4, -0.2) is 30.6 Å². The second kappa shape index (κ2) is 6.71. The molecule has 0 aromatic carbocycles. The fraction of sp³-hybridized carbons (Fsp3) is 0.875. The molecule has 1 saturated carbocycles. The highest BCUT2D eigenvalue weighted by atomic mass is 28.4. The van der Waals surface area contributed by atoms with Gasteiger partial charge in [-0.25, -0.2) is 0 Å². The van der Waals surface area contributed by atoms with Gasteiger partial charge in [0.05, 0.1) is 0 Å². The Hall–Kier alpha value is 0.131. The predicted octanol–water partition coefficient (Wildman–Crippen LogP) is 5.14. The van der Waals surface area contributed by atoms with Crippen molar-refractivity contribution in [3.8, 4) is 11.5 Å². The van der Waals surface area contributed by atoms with Crippen LogP contribution >= 0.6 is 0 Å². The molecule has 0 amide bonds. The van der Waals surface area contributed by atoms with Gasteiger partial charge >= 0.3 is 0 Å². The Morgan fingerprint density at radius 3 is 1.71 bits per heavy atom. The lowest BCUT2D eigenvalue weighted by molar-refractivity contribution is 0.0796. The van der Waals surface area contributed by atoms with Crippen molar-refractivity contribution in [3.05, 3.63) is 0 Å². The largest absolute Gasteiger partial charge is 0.447 e. The van der Waals surface area contributed by atoms with E-state index in [0.29, 0.717) is 0 Å². The minimum atomic E-state index is -1.91. The third-order valence-corrected chi connectivity index (χ3v) is 9.54. The van der Waals surface area contributed by atoms with Gasteiger partial charge in [-0.1, -0.05) is 17.9 Å². The molecule has 0 bridgehead atoms. The Balaban J connectivity index is 2.94. The monoisotopic (exact) mass is 342 g/mol. The van der Waals surface area contributed by atoms with E-state index >= 15 is 0 Å². The first-order valence-corrected chi connectivity index (χ1v) is 18.0. The molecule has 0 N–H and O–H groups in total. The minimum Gasteiger partial charge on any atom is -0.447 e. The molecule has 0 atom stereocenters. The van der Waals surface area contributed by atoms with Gasteiger partial charge in [0.15, 0.2) is 16.6 Å². The van der Waals surface area contributed by atoms with Crippen molar-refractivity contribution < 1.29 is 8.54 Å². The SMILES string of the molecule is C[Si](C)(C)OC1(C#C[Si](C)(C)O[Si](C)(C)C)CCCCC1. The molecule has 5 heteroatoms. The van der Waals surface area contributed by atoms with Crippen LogP contribution in [0.3, 0.4) is 0 Å². The van der Waals surface area contributed by atoms with Crippen LogP contribution in [0.15, 0.2) is 0 Å². The van der Waals surface area contributed by atoms with E-state index in [1.54, 1.807) is 0 Å². The van der Waals surface area contributed by atoms with Crippen LogP contribution in [0.2, 0.25) is 52.4 Å². The Bertz CT molecular complexity index is 402. The summed E-state index contributed by atoms with van der Waals surface area (Å²) in [5, 5.41) is 0. The summed E-state index contributed by atoms with van der Waals surface area (Å²) >= 11 is 0. The van der Waals surface area contributed by atoms with Gasteiger partial charge in [0.25, 0.3) is 8.32 Å². The van der Waals surface area contributed by atoms with Gasteiger partial charge in [0.1, 0.15) is 5.60 Å². The molecule has 0 saturated heterocycles. The van der Waals surface area contributed by atoms with Crippen LogP contribution in [0.5, 0.6) is 0 Å². The van der Waals surface area contributed by atoms with Crippen LogP contribution in [0, 0.1) is 11.5 Å². The zero-order valence-electron chi connectivity index (χ0n) is 15.4. The summed E-state index contributed by atoms with van der Waals surface area (Å²) in [6.45, 7) is 18.0. The maximum absolute atomic E-state index is 6.54. The number of hydrogen-bond donors (Lipinski definition) is 0. The highest BCUT2D eigenvalue weighted by Crippen LogP contribution is 2.34. The summed E-state index contributed by atoms with van der Waals surface area (Å²) in [6.07, 6.45) is 6.01. The van der Waals surface area contributed by atoms with E-state index in [4.69, 9.17) is 8.54 Å². The van der Waals surface area contributed by atoms with E-state index in [1.165, 1.54) is 19.3 Å². The van der Waals surface area contributed by atoms with Crippen molar-refractivity contribution in [2.45, 2.75) is 90.1 Å². The fourth-order valence-corrected chi connectivity index (χ4v) is 11.3. The van der Waals surface area contributed by atoms with Gasteiger partial charge in [-0.15, -0.1) is 0 Å². The molecule has 0 aliphatic heterocycles. The highest BCUT2D eigenvalue weighted by molar-refractivity contribution is 6.88. The molecule has 1 aliphatic rings. The van der Waals surface area contributed by atoms with Crippen LogP contribution in [0.1, 0.15) is 32.1 Å². The average Bonchev–Trinajstić information content (AvgIpc) is 2.22. The highest BCUT2D eigenvalue weighted by Gasteiger charge is 2.37. The van der Waals surface area contributed by atoms with Gasteiger partial charge in [-0.3, -0.25) is 0 Å². The van der Waals surface area contributed by atoms with Gasteiger partial charge < -0.3 is 8.54 Å². The van der Waals surface area contributed by atoms with E-state index in [9.17, 15) is 0 Å². The second-order valence-electron chi connectivity index (χ2n) is 8.74. The van der Waals surface area contributed by atoms with Gasteiger partial charge in [-0.05, 0) is 78.1 Å². The molecule has 0 heterocycles. The maximum Gasteiger partial charge on any atom is 0.255 e. The van der Waals surface area contributed by atoms with Crippen LogP contribution in [0.25, 0.3) is 0 Å². The molecule has 122 valence electrons. The van der Waals surface area contributed by atoms with Crippen molar-refractivity contribution in [1.29, 1.82) is 0 Å². The third-order valence-electron chi connectivity index (χ3n) is 3.32. The van der Waals surface area contributed by atoms with Crippen LogP contribution in [-0.2, 0) is 8.54 Å². The molecule has 0 radical (unpaired) electrons. The topological polar surface area (TPSA) is 18.5 Å². The standard InChI is InChI=1S/C16H34O2Si3/c1-19(2,3)17-16(12-10-9-11-13-16)14-15-21(7,8)18-20(4,5)6/h9-13H2,1-8H3. The Morgan fingerprint density at radius 2 is 1.29 bits per heavy atom. The zero-order chi connectivity index (χ0) is 16.4. The second-order valence-corrected chi connectivity index (χ2v) is 21.5. The molecule has 0 spiro atoms. The molecule has 1 rings (SSSR count). The van der Waals surface area contributed by atoms with Gasteiger partial charge in [0.2, 0.25) is 0 Å². The minimum absolute atomic E-state index is 0.185. The first kappa shape index (κ1) is 19.2. The Labute approximate surface area is 135 Å². The molecule has 0 aromatic rings. The molecule has 1 aliphatic carbocycles. The lowest BCUT2D eigenvalue weighted by Gasteiger charge is -2.38. The summed E-state index contributed by atoms with van der Waals surface area (Å²) in [5.41, 5.74) is 3.36. The quantitative estimate of drug-likeness (QED) is 0.520. The van der Waals surface area contributed by atoms with Crippen molar-refractivity contribution in [2.75, 3.05) is 0 Å². The lowest BCUT2D eigenvalue weighted by atomic mass is 9.86. The third kappa shape index (κ3) is 7.80. The normalized spacial score (nSPS) is 19.8. The molecule has 21 heavy (non-hydrogen) atoms. The summed E-state index contributed by atoms with van der Waals surface area (Å²) in [4.78, 5) is 0. The first-order valence-electron chi connectivity index (χ1n) is 8.27. The summed E-state index contributed by atoms with van der Waals surface area (Å²) in [6, 6.07) is 0. The first-order chi connectivity index (χ1) is 9.33. The molecule has 2 nitrogen and oxygen atoms in total. The number of rotatable bonds is 4. The van der Waals surface area contributed by atoms with Crippen LogP contribution < -0.4 is 0 Å².